The second kappa shape index (κ2) is 4.18. The fourth-order valence-electron chi connectivity index (χ4n) is 1.44. The zero-order chi connectivity index (χ0) is 11.5. The number of aromatic nitrogens is 2. The zero-order valence-corrected chi connectivity index (χ0v) is 9.24. The van der Waals surface area contributed by atoms with Gasteiger partial charge in [-0.1, -0.05) is 12.1 Å². The summed E-state index contributed by atoms with van der Waals surface area (Å²) in [6, 6.07) is 5.95. The Morgan fingerprint density at radius 1 is 1.38 bits per heavy atom. The van der Waals surface area contributed by atoms with Crippen LogP contribution in [0.2, 0.25) is 0 Å². The molecule has 0 fully saturated rings. The third-order valence-corrected chi connectivity index (χ3v) is 2.38. The highest BCUT2D eigenvalue weighted by Gasteiger charge is 2.08. The molecule has 0 saturated carbocycles. The predicted molar refractivity (Wildman–Crippen MR) is 62.5 cm³/mol. The summed E-state index contributed by atoms with van der Waals surface area (Å²) >= 11 is 0. The Morgan fingerprint density at radius 2 is 2.19 bits per heavy atom. The van der Waals surface area contributed by atoms with Crippen LogP contribution in [0.25, 0.3) is 0 Å². The highest BCUT2D eigenvalue weighted by atomic mass is 16.1. The van der Waals surface area contributed by atoms with Crippen LogP contribution in [0.4, 0.5) is 5.69 Å². The smallest absolute Gasteiger partial charge is 0.273 e. The van der Waals surface area contributed by atoms with Gasteiger partial charge in [0.05, 0.1) is 12.5 Å². The Balaban J connectivity index is 2.21. The molecule has 0 aliphatic rings. The largest absolute Gasteiger partial charge is 0.341 e. The topological polar surface area (TPSA) is 57.8 Å². The first-order valence-corrected chi connectivity index (χ1v) is 5.04. The Labute approximate surface area is 93.7 Å². The third kappa shape index (κ3) is 2.11. The second-order valence-electron chi connectivity index (χ2n) is 3.74. The molecule has 2 aromatic rings. The predicted octanol–water partition coefficient (Wildman–Crippen LogP) is 2.28. The molecule has 2 N–H and O–H groups in total. The van der Waals surface area contributed by atoms with Gasteiger partial charge in [0, 0.05) is 5.69 Å². The van der Waals surface area contributed by atoms with Crippen molar-refractivity contribution in [3.05, 3.63) is 47.5 Å². The molecule has 1 amide bonds. The molecule has 0 spiro atoms. The van der Waals surface area contributed by atoms with E-state index in [-0.39, 0.29) is 5.91 Å². The first kappa shape index (κ1) is 10.4. The summed E-state index contributed by atoms with van der Waals surface area (Å²) in [6.07, 6.45) is 2.98. The molecule has 16 heavy (non-hydrogen) atoms. The van der Waals surface area contributed by atoms with E-state index in [4.69, 9.17) is 0 Å². The Kier molecular flexibility index (Phi) is 2.72. The number of hydrogen-bond acceptors (Lipinski definition) is 2. The SMILES string of the molecule is Cc1ccc(C)c(NC(=O)c2cnc[nH]2)c1. The molecule has 0 atom stereocenters. The van der Waals surface area contributed by atoms with Gasteiger partial charge in [-0.25, -0.2) is 4.98 Å². The minimum Gasteiger partial charge on any atom is -0.341 e. The summed E-state index contributed by atoms with van der Waals surface area (Å²) in [5.74, 6) is -0.175. The van der Waals surface area contributed by atoms with E-state index in [1.54, 1.807) is 0 Å². The van der Waals surface area contributed by atoms with Crippen molar-refractivity contribution >= 4 is 11.6 Å². The van der Waals surface area contributed by atoms with Crippen LogP contribution in [-0.2, 0) is 0 Å². The molecule has 82 valence electrons. The Bertz CT molecular complexity index is 503. The maximum absolute atomic E-state index is 11.8. The Morgan fingerprint density at radius 3 is 2.88 bits per heavy atom. The number of benzene rings is 1. The minimum atomic E-state index is -0.175. The van der Waals surface area contributed by atoms with Crippen molar-refractivity contribution in [2.75, 3.05) is 5.32 Å². The molecule has 2 rings (SSSR count). The molecular formula is C12H13N3O. The molecule has 1 aromatic heterocycles. The summed E-state index contributed by atoms with van der Waals surface area (Å²) in [4.78, 5) is 18.3. The van der Waals surface area contributed by atoms with Crippen LogP contribution < -0.4 is 5.32 Å². The normalized spacial score (nSPS) is 10.1. The Hall–Kier alpha value is -2.10. The maximum Gasteiger partial charge on any atom is 0.273 e. The number of imidazole rings is 1. The van der Waals surface area contributed by atoms with Crippen LogP contribution in [0.5, 0.6) is 0 Å². The monoisotopic (exact) mass is 215 g/mol. The van der Waals surface area contributed by atoms with E-state index in [1.165, 1.54) is 12.5 Å². The number of aryl methyl sites for hydroxylation is 2. The van der Waals surface area contributed by atoms with Crippen LogP contribution in [0.15, 0.2) is 30.7 Å². The number of nitrogens with zero attached hydrogens (tertiary/aromatic N) is 1. The molecule has 1 heterocycles. The number of rotatable bonds is 2. The van der Waals surface area contributed by atoms with Gasteiger partial charge < -0.3 is 10.3 Å². The summed E-state index contributed by atoms with van der Waals surface area (Å²) in [7, 11) is 0. The maximum atomic E-state index is 11.8. The van der Waals surface area contributed by atoms with Gasteiger partial charge in [0.2, 0.25) is 0 Å². The van der Waals surface area contributed by atoms with Crippen LogP contribution in [0.3, 0.4) is 0 Å². The number of amides is 1. The molecule has 0 unspecified atom stereocenters. The number of anilines is 1. The van der Waals surface area contributed by atoms with E-state index in [1.807, 2.05) is 32.0 Å². The van der Waals surface area contributed by atoms with Gasteiger partial charge in [0.1, 0.15) is 5.69 Å². The lowest BCUT2D eigenvalue weighted by Crippen LogP contribution is -2.13. The molecule has 0 radical (unpaired) electrons. The van der Waals surface area contributed by atoms with Gasteiger partial charge in [0.25, 0.3) is 5.91 Å². The number of carbonyl (C=O) groups is 1. The summed E-state index contributed by atoms with van der Waals surface area (Å²) < 4.78 is 0. The first-order chi connectivity index (χ1) is 7.66. The van der Waals surface area contributed by atoms with Crippen molar-refractivity contribution in [3.8, 4) is 0 Å². The molecule has 0 aliphatic carbocycles. The van der Waals surface area contributed by atoms with E-state index in [0.29, 0.717) is 5.69 Å². The number of hydrogen-bond donors (Lipinski definition) is 2. The van der Waals surface area contributed by atoms with E-state index >= 15 is 0 Å². The molecule has 0 bridgehead atoms. The van der Waals surface area contributed by atoms with Crippen molar-refractivity contribution in [1.82, 2.24) is 9.97 Å². The molecule has 0 aliphatic heterocycles. The number of carbonyl (C=O) groups excluding carboxylic acids is 1. The molecule has 4 heteroatoms. The van der Waals surface area contributed by atoms with Crippen molar-refractivity contribution in [3.63, 3.8) is 0 Å². The fourth-order valence-corrected chi connectivity index (χ4v) is 1.44. The van der Waals surface area contributed by atoms with Gasteiger partial charge in [-0.2, -0.15) is 0 Å². The zero-order valence-electron chi connectivity index (χ0n) is 9.24. The van der Waals surface area contributed by atoms with E-state index in [0.717, 1.165) is 16.8 Å². The second-order valence-corrected chi connectivity index (χ2v) is 3.74. The van der Waals surface area contributed by atoms with Gasteiger partial charge in [-0.3, -0.25) is 4.79 Å². The highest BCUT2D eigenvalue weighted by molar-refractivity contribution is 6.03. The number of aromatic amines is 1. The lowest BCUT2D eigenvalue weighted by Gasteiger charge is -2.08. The summed E-state index contributed by atoms with van der Waals surface area (Å²) in [6.45, 7) is 3.95. The average Bonchev–Trinajstić information content (AvgIpc) is 2.76. The van der Waals surface area contributed by atoms with Crippen LogP contribution >= 0.6 is 0 Å². The van der Waals surface area contributed by atoms with Crippen LogP contribution in [-0.4, -0.2) is 15.9 Å². The molecular weight excluding hydrogens is 202 g/mol. The number of nitrogens with one attached hydrogen (secondary N) is 2. The van der Waals surface area contributed by atoms with Crippen molar-refractivity contribution in [2.24, 2.45) is 0 Å². The third-order valence-electron chi connectivity index (χ3n) is 2.38. The minimum absolute atomic E-state index is 0.175. The fraction of sp³-hybridized carbons (Fsp3) is 0.167. The summed E-state index contributed by atoms with van der Waals surface area (Å²) in [5, 5.41) is 2.84. The summed E-state index contributed by atoms with van der Waals surface area (Å²) in [5.41, 5.74) is 3.45. The van der Waals surface area contributed by atoms with E-state index in [2.05, 4.69) is 15.3 Å². The molecule has 1 aromatic carbocycles. The van der Waals surface area contributed by atoms with Crippen LogP contribution in [0, 0.1) is 13.8 Å². The lowest BCUT2D eigenvalue weighted by molar-refractivity contribution is 0.102. The van der Waals surface area contributed by atoms with Gasteiger partial charge in [-0.05, 0) is 31.0 Å². The first-order valence-electron chi connectivity index (χ1n) is 5.04. The van der Waals surface area contributed by atoms with Crippen molar-refractivity contribution < 1.29 is 4.79 Å². The lowest BCUT2D eigenvalue weighted by atomic mass is 10.1. The van der Waals surface area contributed by atoms with Crippen molar-refractivity contribution in [1.29, 1.82) is 0 Å². The quantitative estimate of drug-likeness (QED) is 0.807. The average molecular weight is 215 g/mol. The van der Waals surface area contributed by atoms with Gasteiger partial charge in [0.15, 0.2) is 0 Å². The molecule has 0 saturated heterocycles. The molecule has 4 nitrogen and oxygen atoms in total. The standard InChI is InChI=1S/C12H13N3O/c1-8-3-4-9(2)10(5-8)15-12(16)11-6-13-7-14-11/h3-7H,1-2H3,(H,13,14)(H,15,16). The van der Waals surface area contributed by atoms with E-state index < -0.39 is 0 Å². The van der Waals surface area contributed by atoms with E-state index in [9.17, 15) is 4.79 Å². The number of H-pyrrole nitrogens is 1. The van der Waals surface area contributed by atoms with Crippen LogP contribution in [0.1, 0.15) is 21.6 Å². The highest BCUT2D eigenvalue weighted by Crippen LogP contribution is 2.16. The van der Waals surface area contributed by atoms with Crippen molar-refractivity contribution in [2.45, 2.75) is 13.8 Å². The van der Waals surface area contributed by atoms with Gasteiger partial charge in [-0.15, -0.1) is 0 Å². The van der Waals surface area contributed by atoms with Gasteiger partial charge >= 0.3 is 0 Å².